The first-order valence-electron chi connectivity index (χ1n) is 13.0. The zero-order chi connectivity index (χ0) is 26.0. The van der Waals surface area contributed by atoms with Crippen LogP contribution in [0.2, 0.25) is 0 Å². The Balaban J connectivity index is 1.77. The normalized spacial score (nSPS) is 25.0. The maximum absolute atomic E-state index is 13.9. The van der Waals surface area contributed by atoms with E-state index in [1.165, 1.54) is 7.11 Å². The number of esters is 2. The third kappa shape index (κ3) is 5.06. The second-order valence-corrected chi connectivity index (χ2v) is 10.5. The van der Waals surface area contributed by atoms with E-state index in [-0.39, 0.29) is 23.8 Å². The predicted octanol–water partition coefficient (Wildman–Crippen LogP) is 4.63. The molecule has 3 aliphatic rings. The number of methoxy groups -OCH3 is 1. The van der Waals surface area contributed by atoms with E-state index in [2.05, 4.69) is 5.32 Å². The van der Waals surface area contributed by atoms with Gasteiger partial charge in [0.15, 0.2) is 5.78 Å². The van der Waals surface area contributed by atoms with Crippen LogP contribution in [0, 0.1) is 11.8 Å². The number of nitrogens with zero attached hydrogens (tertiary/aromatic N) is 1. The smallest absolute Gasteiger partial charge is 0.337 e. The van der Waals surface area contributed by atoms with Crippen molar-refractivity contribution in [3.63, 3.8) is 0 Å². The number of allylic oxidation sites excluding steroid dienone is 3. The molecule has 1 saturated carbocycles. The number of anilines is 1. The van der Waals surface area contributed by atoms with Crippen LogP contribution in [-0.4, -0.2) is 45.0 Å². The van der Waals surface area contributed by atoms with E-state index in [4.69, 9.17) is 9.47 Å². The first-order valence-corrected chi connectivity index (χ1v) is 13.0. The monoisotopic (exact) mass is 494 g/mol. The number of ketones is 1. The molecule has 0 saturated heterocycles. The summed E-state index contributed by atoms with van der Waals surface area (Å²) in [6.07, 6.45) is 6.57. The van der Waals surface area contributed by atoms with Gasteiger partial charge in [-0.1, -0.05) is 31.9 Å². The average molecular weight is 495 g/mol. The lowest BCUT2D eigenvalue weighted by Crippen LogP contribution is -2.43. The van der Waals surface area contributed by atoms with Crippen LogP contribution in [0.5, 0.6) is 0 Å². The number of nitrogens with one attached hydrogen (secondary N) is 1. The Bertz CT molecular complexity index is 1080. The van der Waals surface area contributed by atoms with Crippen LogP contribution in [0.15, 0.2) is 46.8 Å². The van der Waals surface area contributed by atoms with Crippen molar-refractivity contribution >= 4 is 23.4 Å². The van der Waals surface area contributed by atoms with Gasteiger partial charge in [0, 0.05) is 42.7 Å². The fourth-order valence-corrected chi connectivity index (χ4v) is 5.82. The van der Waals surface area contributed by atoms with Crippen molar-refractivity contribution in [3.05, 3.63) is 52.4 Å². The molecule has 7 heteroatoms. The molecule has 1 aromatic rings. The van der Waals surface area contributed by atoms with Gasteiger partial charge in [0.1, 0.15) is 12.0 Å². The molecule has 3 unspecified atom stereocenters. The number of ether oxygens (including phenoxy) is 2. The molecule has 1 aliphatic heterocycles. The van der Waals surface area contributed by atoms with Gasteiger partial charge < -0.3 is 19.7 Å². The molecule has 0 spiro atoms. The lowest BCUT2D eigenvalue weighted by Gasteiger charge is -2.38. The number of benzene rings is 1. The Morgan fingerprint density at radius 2 is 1.67 bits per heavy atom. The summed E-state index contributed by atoms with van der Waals surface area (Å²) < 4.78 is 11.0. The first kappa shape index (κ1) is 26.0. The Morgan fingerprint density at radius 1 is 1.03 bits per heavy atom. The predicted molar refractivity (Wildman–Crippen MR) is 138 cm³/mol. The molecule has 0 radical (unpaired) electrons. The number of carbonyl (C=O) groups excluding carboxylic acids is 3. The summed E-state index contributed by atoms with van der Waals surface area (Å²) in [4.78, 5) is 42.2. The second kappa shape index (κ2) is 10.9. The van der Waals surface area contributed by atoms with Gasteiger partial charge in [-0.3, -0.25) is 9.59 Å². The highest BCUT2D eigenvalue weighted by Gasteiger charge is 2.47. The van der Waals surface area contributed by atoms with Crippen molar-refractivity contribution in [1.29, 1.82) is 0 Å². The average Bonchev–Trinajstić information content (AvgIpc) is 3.11. The highest BCUT2D eigenvalue weighted by atomic mass is 16.5. The third-order valence-electron chi connectivity index (χ3n) is 7.78. The van der Waals surface area contributed by atoms with Crippen LogP contribution in [0.4, 0.5) is 5.69 Å². The summed E-state index contributed by atoms with van der Waals surface area (Å²) in [5, 5.41) is 3.34. The molecule has 7 nitrogen and oxygen atoms in total. The highest BCUT2D eigenvalue weighted by Crippen LogP contribution is 2.46. The number of Topliss-reactive ketones (excluding diaryl/α,β-unsaturated/α-hetero) is 1. The summed E-state index contributed by atoms with van der Waals surface area (Å²) in [5.74, 6) is -2.91. The number of rotatable bonds is 5. The van der Waals surface area contributed by atoms with Crippen LogP contribution in [0.3, 0.4) is 0 Å². The van der Waals surface area contributed by atoms with Crippen molar-refractivity contribution in [2.45, 2.75) is 70.8 Å². The zero-order valence-corrected chi connectivity index (χ0v) is 22.1. The van der Waals surface area contributed by atoms with Gasteiger partial charge in [-0.15, -0.1) is 0 Å². The number of hydrogen-bond donors (Lipinski definition) is 1. The molecule has 4 rings (SSSR count). The molecule has 1 aromatic carbocycles. The zero-order valence-electron chi connectivity index (χ0n) is 22.1. The maximum Gasteiger partial charge on any atom is 0.337 e. The fraction of sp³-hybridized carbons (Fsp3) is 0.552. The summed E-state index contributed by atoms with van der Waals surface area (Å²) in [6, 6.07) is 7.88. The molecule has 1 heterocycles. The minimum absolute atomic E-state index is 0.114. The molecule has 194 valence electrons. The van der Waals surface area contributed by atoms with Gasteiger partial charge in [-0.25, -0.2) is 4.79 Å². The Hall–Kier alpha value is -3.09. The summed E-state index contributed by atoms with van der Waals surface area (Å²) in [6.45, 7) is 3.76. The first-order chi connectivity index (χ1) is 17.2. The lowest BCUT2D eigenvalue weighted by atomic mass is 9.69. The molecule has 1 fully saturated rings. The minimum Gasteiger partial charge on any atom is -0.468 e. The van der Waals surface area contributed by atoms with Gasteiger partial charge in [-0.2, -0.15) is 0 Å². The lowest BCUT2D eigenvalue weighted by molar-refractivity contribution is -0.151. The molecular formula is C29H38N2O5. The molecule has 2 aliphatic carbocycles. The van der Waals surface area contributed by atoms with Gasteiger partial charge >= 0.3 is 11.9 Å². The van der Waals surface area contributed by atoms with Crippen LogP contribution in [0.25, 0.3) is 0 Å². The molecule has 0 amide bonds. The molecule has 3 atom stereocenters. The Morgan fingerprint density at radius 3 is 2.25 bits per heavy atom. The second-order valence-electron chi connectivity index (χ2n) is 10.5. The molecule has 36 heavy (non-hydrogen) atoms. The number of carbonyl (C=O) groups is 3. The van der Waals surface area contributed by atoms with Crippen LogP contribution in [-0.2, 0) is 23.9 Å². The molecule has 0 bridgehead atoms. The quantitative estimate of drug-likeness (QED) is 0.363. The van der Waals surface area contributed by atoms with E-state index in [0.717, 1.165) is 55.5 Å². The van der Waals surface area contributed by atoms with Gasteiger partial charge in [0.2, 0.25) is 0 Å². The fourth-order valence-electron chi connectivity index (χ4n) is 5.82. The summed E-state index contributed by atoms with van der Waals surface area (Å²) in [5.41, 5.74) is 4.24. The van der Waals surface area contributed by atoms with E-state index in [0.29, 0.717) is 23.3 Å². The molecule has 1 N–H and O–H groups in total. The number of hydrogen-bond acceptors (Lipinski definition) is 7. The van der Waals surface area contributed by atoms with Crippen molar-refractivity contribution in [3.8, 4) is 0 Å². The van der Waals surface area contributed by atoms with E-state index >= 15 is 0 Å². The largest absolute Gasteiger partial charge is 0.468 e. The van der Waals surface area contributed by atoms with Crippen LogP contribution in [0.1, 0.15) is 70.3 Å². The van der Waals surface area contributed by atoms with E-state index in [1.54, 1.807) is 0 Å². The Kier molecular flexibility index (Phi) is 7.86. The molecule has 0 aromatic heterocycles. The topological polar surface area (TPSA) is 84.9 Å². The van der Waals surface area contributed by atoms with Crippen molar-refractivity contribution in [1.82, 2.24) is 5.32 Å². The van der Waals surface area contributed by atoms with Crippen LogP contribution < -0.4 is 10.2 Å². The van der Waals surface area contributed by atoms with E-state index in [1.807, 2.05) is 57.1 Å². The van der Waals surface area contributed by atoms with E-state index < -0.39 is 17.8 Å². The molecular weight excluding hydrogens is 456 g/mol. The number of dihydropyridines is 1. The SMILES string of the molecule is COC(=O)C1C(=O)C2=C(CC1C)NC(C)=C(C(=O)OC1CCCCCC1)C2c1ccc(N(C)C)cc1. The summed E-state index contributed by atoms with van der Waals surface area (Å²) in [7, 11) is 5.24. The van der Waals surface area contributed by atoms with Crippen molar-refractivity contribution in [2.24, 2.45) is 11.8 Å². The van der Waals surface area contributed by atoms with Gasteiger partial charge in [-0.05, 0) is 62.6 Å². The standard InChI is InChI=1S/C29H38N2O5/c1-17-16-22-26(27(32)23(17)28(33)35-5)25(19-12-14-20(15-13-19)31(3)4)24(18(2)30-22)29(34)36-21-10-8-6-7-9-11-21/h12-15,17,21,23,25,30H,6-11,16H2,1-5H3. The highest BCUT2D eigenvalue weighted by molar-refractivity contribution is 6.12. The van der Waals surface area contributed by atoms with Gasteiger partial charge in [0.05, 0.1) is 12.7 Å². The maximum atomic E-state index is 13.9. The van der Waals surface area contributed by atoms with Gasteiger partial charge in [0.25, 0.3) is 0 Å². The third-order valence-corrected chi connectivity index (χ3v) is 7.78. The minimum atomic E-state index is -0.892. The van der Waals surface area contributed by atoms with Crippen LogP contribution >= 0.6 is 0 Å². The van der Waals surface area contributed by atoms with Crippen molar-refractivity contribution in [2.75, 3.05) is 26.1 Å². The summed E-state index contributed by atoms with van der Waals surface area (Å²) >= 11 is 0. The van der Waals surface area contributed by atoms with Crippen molar-refractivity contribution < 1.29 is 23.9 Å². The van der Waals surface area contributed by atoms with E-state index in [9.17, 15) is 14.4 Å². The Labute approximate surface area is 213 Å².